The molecule has 3 nitrogen and oxygen atoms in total. The number of hydrogen-bond acceptors (Lipinski definition) is 2. The van der Waals surface area contributed by atoms with E-state index in [-0.39, 0.29) is 29.6 Å². The molecule has 25 heavy (non-hydrogen) atoms. The van der Waals surface area contributed by atoms with Crippen LogP contribution in [0.4, 0.5) is 4.39 Å². The predicted octanol–water partition coefficient (Wildman–Crippen LogP) is 4.21. The lowest BCUT2D eigenvalue weighted by Gasteiger charge is -2.19. The molecule has 4 heteroatoms. The van der Waals surface area contributed by atoms with Crippen molar-refractivity contribution < 1.29 is 13.9 Å². The van der Waals surface area contributed by atoms with Crippen LogP contribution in [0.5, 0.6) is 5.75 Å². The minimum Gasteiger partial charge on any atom is -0.497 e. The lowest BCUT2D eigenvalue weighted by atomic mass is 10.0. The number of halogens is 1. The average Bonchev–Trinajstić information content (AvgIpc) is 3.54. The molecule has 0 saturated heterocycles. The second-order valence-electron chi connectivity index (χ2n) is 7.10. The highest BCUT2D eigenvalue weighted by atomic mass is 19.1. The Hall–Kier alpha value is -2.36. The quantitative estimate of drug-likeness (QED) is 0.856. The van der Waals surface area contributed by atoms with E-state index in [1.54, 1.807) is 19.2 Å². The van der Waals surface area contributed by atoms with Crippen LogP contribution in [0.1, 0.15) is 42.3 Å². The maximum absolute atomic E-state index is 13.0. The number of carbonyl (C=O) groups excluding carboxylic acids is 1. The van der Waals surface area contributed by atoms with Crippen LogP contribution >= 0.6 is 0 Å². The number of benzene rings is 2. The van der Waals surface area contributed by atoms with E-state index in [1.807, 2.05) is 24.3 Å². The Labute approximate surface area is 147 Å². The van der Waals surface area contributed by atoms with Crippen LogP contribution in [0.3, 0.4) is 0 Å². The molecule has 2 saturated carbocycles. The monoisotopic (exact) mass is 339 g/mol. The summed E-state index contributed by atoms with van der Waals surface area (Å²) in [5.41, 5.74) is 2.18. The second-order valence-corrected chi connectivity index (χ2v) is 7.10. The van der Waals surface area contributed by atoms with Gasteiger partial charge in [0.15, 0.2) is 0 Å². The maximum Gasteiger partial charge on any atom is 0.224 e. The minimum atomic E-state index is -0.237. The van der Waals surface area contributed by atoms with Gasteiger partial charge in [0.25, 0.3) is 0 Å². The summed E-state index contributed by atoms with van der Waals surface area (Å²) in [4.78, 5) is 12.7. The Balaban J connectivity index is 1.42. The molecule has 0 radical (unpaired) electrons. The summed E-state index contributed by atoms with van der Waals surface area (Å²) in [5, 5.41) is 3.25. The first kappa shape index (κ1) is 16.1. The van der Waals surface area contributed by atoms with Crippen LogP contribution in [-0.4, -0.2) is 13.0 Å². The number of methoxy groups -OCH3 is 1. The molecular weight excluding hydrogens is 317 g/mol. The van der Waals surface area contributed by atoms with Gasteiger partial charge in [-0.1, -0.05) is 24.3 Å². The summed E-state index contributed by atoms with van der Waals surface area (Å²) < 4.78 is 18.3. The minimum absolute atomic E-state index is 0.00459. The zero-order valence-electron chi connectivity index (χ0n) is 14.2. The third kappa shape index (κ3) is 3.53. The third-order valence-corrected chi connectivity index (χ3v) is 5.29. The van der Waals surface area contributed by atoms with Crippen LogP contribution in [-0.2, 0) is 4.79 Å². The molecule has 2 aromatic rings. The molecule has 2 aliphatic rings. The first-order valence-electron chi connectivity index (χ1n) is 8.85. The molecule has 2 aromatic carbocycles. The standard InChI is InChI=1S/C21H22FNO2/c1-25-17-10-6-15(7-11-17)20(14-2-3-14)23-21(24)19-12-18(19)13-4-8-16(22)9-5-13/h4-11,14,18-20H,2-3,12H2,1H3,(H,23,24). The van der Waals surface area contributed by atoms with Crippen molar-refractivity contribution in [1.29, 1.82) is 0 Å². The zero-order chi connectivity index (χ0) is 17.4. The molecule has 2 aliphatic carbocycles. The molecule has 1 N–H and O–H groups in total. The van der Waals surface area contributed by atoms with Crippen molar-refractivity contribution in [2.75, 3.05) is 7.11 Å². The lowest BCUT2D eigenvalue weighted by Crippen LogP contribution is -2.31. The molecule has 2 fully saturated rings. The van der Waals surface area contributed by atoms with E-state index in [9.17, 15) is 9.18 Å². The van der Waals surface area contributed by atoms with Gasteiger partial charge in [-0.3, -0.25) is 4.79 Å². The molecule has 0 aliphatic heterocycles. The Morgan fingerprint density at radius 1 is 1.12 bits per heavy atom. The topological polar surface area (TPSA) is 38.3 Å². The van der Waals surface area contributed by atoms with Gasteiger partial charge in [-0.15, -0.1) is 0 Å². The summed E-state index contributed by atoms with van der Waals surface area (Å²) in [5.74, 6) is 1.45. The highest BCUT2D eigenvalue weighted by molar-refractivity contribution is 5.83. The molecule has 0 spiro atoms. The summed E-state index contributed by atoms with van der Waals surface area (Å²) >= 11 is 0. The first-order valence-corrected chi connectivity index (χ1v) is 8.85. The van der Waals surface area contributed by atoms with Crippen molar-refractivity contribution in [1.82, 2.24) is 5.32 Å². The molecule has 4 rings (SSSR count). The molecular formula is C21H22FNO2. The SMILES string of the molecule is COc1ccc(C(NC(=O)C2CC2c2ccc(F)cc2)C2CC2)cc1. The fraction of sp³-hybridized carbons (Fsp3) is 0.381. The zero-order valence-corrected chi connectivity index (χ0v) is 14.2. The first-order chi connectivity index (χ1) is 12.2. The van der Waals surface area contributed by atoms with Gasteiger partial charge in [-0.25, -0.2) is 4.39 Å². The van der Waals surface area contributed by atoms with Gasteiger partial charge >= 0.3 is 0 Å². The van der Waals surface area contributed by atoms with Crippen LogP contribution < -0.4 is 10.1 Å². The van der Waals surface area contributed by atoms with E-state index in [0.29, 0.717) is 5.92 Å². The number of hydrogen-bond donors (Lipinski definition) is 1. The van der Waals surface area contributed by atoms with Crippen LogP contribution in [0.25, 0.3) is 0 Å². The molecule has 0 aromatic heterocycles. The fourth-order valence-corrected chi connectivity index (χ4v) is 3.54. The number of carbonyl (C=O) groups is 1. The number of rotatable bonds is 6. The molecule has 130 valence electrons. The Morgan fingerprint density at radius 3 is 2.40 bits per heavy atom. The van der Waals surface area contributed by atoms with Crippen molar-refractivity contribution in [3.05, 3.63) is 65.5 Å². The van der Waals surface area contributed by atoms with E-state index in [0.717, 1.165) is 36.1 Å². The summed E-state index contributed by atoms with van der Waals surface area (Å²) in [7, 11) is 1.65. The Bertz CT molecular complexity index is 752. The van der Waals surface area contributed by atoms with Crippen molar-refractivity contribution in [2.24, 2.45) is 11.8 Å². The third-order valence-electron chi connectivity index (χ3n) is 5.29. The second kappa shape index (κ2) is 6.51. The summed E-state index contributed by atoms with van der Waals surface area (Å²) in [6, 6.07) is 14.5. The van der Waals surface area contributed by atoms with Crippen molar-refractivity contribution in [3.8, 4) is 5.75 Å². The van der Waals surface area contributed by atoms with Crippen molar-refractivity contribution >= 4 is 5.91 Å². The Kier molecular flexibility index (Phi) is 4.20. The van der Waals surface area contributed by atoms with Gasteiger partial charge in [0.05, 0.1) is 13.2 Å². The molecule has 3 atom stereocenters. The van der Waals surface area contributed by atoms with Gasteiger partial charge < -0.3 is 10.1 Å². The van der Waals surface area contributed by atoms with E-state index < -0.39 is 0 Å². The average molecular weight is 339 g/mol. The van der Waals surface area contributed by atoms with Gasteiger partial charge in [-0.05, 0) is 66.5 Å². The van der Waals surface area contributed by atoms with E-state index >= 15 is 0 Å². The Morgan fingerprint density at radius 2 is 1.80 bits per heavy atom. The molecule has 1 amide bonds. The van der Waals surface area contributed by atoms with Crippen LogP contribution in [0.15, 0.2) is 48.5 Å². The lowest BCUT2D eigenvalue weighted by molar-refractivity contribution is -0.123. The summed E-state index contributed by atoms with van der Waals surface area (Å²) in [6.45, 7) is 0. The fourth-order valence-electron chi connectivity index (χ4n) is 3.54. The maximum atomic E-state index is 13.0. The van der Waals surface area contributed by atoms with Crippen molar-refractivity contribution in [2.45, 2.75) is 31.2 Å². The van der Waals surface area contributed by atoms with Crippen molar-refractivity contribution in [3.63, 3.8) is 0 Å². The molecule has 0 heterocycles. The van der Waals surface area contributed by atoms with Gasteiger partial charge in [0.1, 0.15) is 11.6 Å². The van der Waals surface area contributed by atoms with Gasteiger partial charge in [0, 0.05) is 5.92 Å². The van der Waals surface area contributed by atoms with Crippen LogP contribution in [0, 0.1) is 17.7 Å². The highest BCUT2D eigenvalue weighted by Crippen LogP contribution is 2.49. The molecule has 0 bridgehead atoms. The van der Waals surface area contributed by atoms with Gasteiger partial charge in [0.2, 0.25) is 5.91 Å². The normalized spacial score (nSPS) is 23.0. The largest absolute Gasteiger partial charge is 0.497 e. The van der Waals surface area contributed by atoms with E-state index in [1.165, 1.54) is 12.1 Å². The highest BCUT2D eigenvalue weighted by Gasteiger charge is 2.45. The smallest absolute Gasteiger partial charge is 0.224 e. The number of amides is 1. The summed E-state index contributed by atoms with van der Waals surface area (Å²) in [6.07, 6.45) is 3.16. The number of ether oxygens (including phenoxy) is 1. The number of nitrogens with one attached hydrogen (secondary N) is 1. The molecule has 3 unspecified atom stereocenters. The predicted molar refractivity (Wildman–Crippen MR) is 93.8 cm³/mol. The van der Waals surface area contributed by atoms with Crippen LogP contribution in [0.2, 0.25) is 0 Å². The van der Waals surface area contributed by atoms with Gasteiger partial charge in [-0.2, -0.15) is 0 Å². The van der Waals surface area contributed by atoms with E-state index in [2.05, 4.69) is 5.32 Å². The van der Waals surface area contributed by atoms with E-state index in [4.69, 9.17) is 4.74 Å².